The fourth-order valence-electron chi connectivity index (χ4n) is 3.26. The zero-order valence-electron chi connectivity index (χ0n) is 14.1. The van der Waals surface area contributed by atoms with Gasteiger partial charge >= 0.3 is 0 Å². The Morgan fingerprint density at radius 2 is 1.92 bits per heavy atom. The zero-order chi connectivity index (χ0) is 17.2. The third-order valence-electron chi connectivity index (χ3n) is 4.56. The van der Waals surface area contributed by atoms with Gasteiger partial charge in [0.2, 0.25) is 5.91 Å². The van der Waals surface area contributed by atoms with Crippen LogP contribution in [0.4, 0.5) is 11.4 Å². The van der Waals surface area contributed by atoms with Crippen molar-refractivity contribution in [2.75, 3.05) is 11.4 Å². The molecule has 0 spiro atoms. The van der Waals surface area contributed by atoms with Crippen LogP contribution in [0.5, 0.6) is 0 Å². The summed E-state index contributed by atoms with van der Waals surface area (Å²) in [5, 5.41) is -0.136. The van der Waals surface area contributed by atoms with Gasteiger partial charge in [-0.25, -0.2) is 4.99 Å². The lowest BCUT2D eigenvalue weighted by molar-refractivity contribution is -0.117. The summed E-state index contributed by atoms with van der Waals surface area (Å²) in [6.45, 7) is 2.80. The maximum Gasteiger partial charge on any atom is 0.240 e. The Labute approximate surface area is 156 Å². The molecule has 2 aromatic carbocycles. The maximum atomic E-state index is 13.0. The lowest BCUT2D eigenvalue weighted by atomic mass is 10.0. The standard InChI is InChI=1S/C20H20N2OS2/c1-14(25-20-21-17-10-4-2-8-16(17)13-24-20)19(23)22-12-6-9-15-7-3-5-11-18(15)22/h2-5,7-8,10-11,14H,6,9,12-13H2,1H3/t14-/m0/s1. The van der Waals surface area contributed by atoms with Crippen LogP contribution in [0.1, 0.15) is 24.5 Å². The lowest BCUT2D eigenvalue weighted by Crippen LogP contribution is -2.40. The van der Waals surface area contributed by atoms with Crippen LogP contribution in [-0.2, 0) is 17.0 Å². The SMILES string of the molecule is C[C@H](SC1=Nc2ccccc2CS1)C(=O)N1CCCc2ccccc21. The Morgan fingerprint density at radius 1 is 1.16 bits per heavy atom. The number of nitrogens with zero attached hydrogens (tertiary/aromatic N) is 2. The van der Waals surface area contributed by atoms with E-state index in [-0.39, 0.29) is 11.2 Å². The van der Waals surface area contributed by atoms with E-state index in [4.69, 9.17) is 4.99 Å². The quantitative estimate of drug-likeness (QED) is 0.746. The Hall–Kier alpha value is -1.72. The Balaban J connectivity index is 1.50. The van der Waals surface area contributed by atoms with Crippen LogP contribution in [0.25, 0.3) is 0 Å². The van der Waals surface area contributed by atoms with E-state index in [0.29, 0.717) is 0 Å². The molecule has 0 N–H and O–H groups in total. The molecule has 2 aliphatic heterocycles. The smallest absolute Gasteiger partial charge is 0.240 e. The van der Waals surface area contributed by atoms with Gasteiger partial charge in [0, 0.05) is 18.0 Å². The van der Waals surface area contributed by atoms with Gasteiger partial charge in [-0.2, -0.15) is 0 Å². The van der Waals surface area contributed by atoms with E-state index in [1.807, 2.05) is 36.1 Å². The molecule has 0 saturated heterocycles. The van der Waals surface area contributed by atoms with Gasteiger partial charge in [0.05, 0.1) is 10.9 Å². The van der Waals surface area contributed by atoms with Crippen molar-refractivity contribution in [1.82, 2.24) is 0 Å². The molecular weight excluding hydrogens is 348 g/mol. The number of amides is 1. The second-order valence-corrected chi connectivity index (χ2v) is 8.83. The Morgan fingerprint density at radius 3 is 2.80 bits per heavy atom. The molecule has 128 valence electrons. The fraction of sp³-hybridized carbons (Fsp3) is 0.300. The zero-order valence-corrected chi connectivity index (χ0v) is 15.8. The molecule has 3 nitrogen and oxygen atoms in total. The highest BCUT2D eigenvalue weighted by Gasteiger charge is 2.28. The minimum atomic E-state index is -0.136. The minimum Gasteiger partial charge on any atom is -0.311 e. The van der Waals surface area contributed by atoms with Gasteiger partial charge in [-0.3, -0.25) is 4.79 Å². The topological polar surface area (TPSA) is 32.7 Å². The van der Waals surface area contributed by atoms with Crippen molar-refractivity contribution in [3.63, 3.8) is 0 Å². The predicted octanol–water partition coefficient (Wildman–Crippen LogP) is 5.02. The number of hydrogen-bond donors (Lipinski definition) is 0. The van der Waals surface area contributed by atoms with E-state index in [0.717, 1.165) is 40.9 Å². The van der Waals surface area contributed by atoms with Gasteiger partial charge in [0.25, 0.3) is 0 Å². The van der Waals surface area contributed by atoms with Gasteiger partial charge in [-0.1, -0.05) is 59.9 Å². The molecule has 25 heavy (non-hydrogen) atoms. The number of benzene rings is 2. The molecule has 2 aliphatic rings. The highest BCUT2D eigenvalue weighted by molar-refractivity contribution is 8.39. The van der Waals surface area contributed by atoms with Crippen LogP contribution in [0, 0.1) is 0 Å². The van der Waals surface area contributed by atoms with Crippen LogP contribution in [0.3, 0.4) is 0 Å². The van der Waals surface area contributed by atoms with Crippen molar-refractivity contribution in [2.24, 2.45) is 4.99 Å². The molecule has 0 fully saturated rings. The van der Waals surface area contributed by atoms with Crippen LogP contribution >= 0.6 is 23.5 Å². The Kier molecular flexibility index (Phi) is 4.86. The number of aryl methyl sites for hydroxylation is 1. The summed E-state index contributed by atoms with van der Waals surface area (Å²) in [7, 11) is 0. The number of aliphatic imine (C=N–C) groups is 1. The predicted molar refractivity (Wildman–Crippen MR) is 109 cm³/mol. The van der Waals surface area contributed by atoms with Crippen molar-refractivity contribution in [3.05, 3.63) is 59.7 Å². The first-order chi connectivity index (χ1) is 12.2. The number of carbonyl (C=O) groups is 1. The maximum absolute atomic E-state index is 13.0. The molecule has 2 aromatic rings. The van der Waals surface area contributed by atoms with Crippen molar-refractivity contribution >= 4 is 45.2 Å². The third-order valence-corrected chi connectivity index (χ3v) is 6.84. The Bertz CT molecular complexity index is 834. The second-order valence-electron chi connectivity index (χ2n) is 6.28. The molecule has 0 saturated carbocycles. The fourth-order valence-corrected chi connectivity index (χ4v) is 5.51. The molecule has 0 bridgehead atoms. The van der Waals surface area contributed by atoms with E-state index in [2.05, 4.69) is 24.3 Å². The number of rotatable bonds is 2. The lowest BCUT2D eigenvalue weighted by Gasteiger charge is -2.31. The molecule has 1 atom stereocenters. The van der Waals surface area contributed by atoms with Gasteiger partial charge in [-0.05, 0) is 43.0 Å². The number of thioether (sulfide) groups is 2. The van der Waals surface area contributed by atoms with Crippen molar-refractivity contribution in [3.8, 4) is 0 Å². The highest BCUT2D eigenvalue weighted by atomic mass is 32.2. The largest absolute Gasteiger partial charge is 0.311 e. The third kappa shape index (κ3) is 3.48. The first-order valence-corrected chi connectivity index (χ1v) is 10.4. The summed E-state index contributed by atoms with van der Waals surface area (Å²) in [5.41, 5.74) is 4.65. The molecule has 2 heterocycles. The first kappa shape index (κ1) is 16.7. The average Bonchev–Trinajstić information content (AvgIpc) is 2.67. The summed E-state index contributed by atoms with van der Waals surface area (Å²) in [5.74, 6) is 1.11. The summed E-state index contributed by atoms with van der Waals surface area (Å²) in [6, 6.07) is 16.5. The number of carbonyl (C=O) groups excluding carboxylic acids is 1. The van der Waals surface area contributed by atoms with Crippen molar-refractivity contribution in [1.29, 1.82) is 0 Å². The van der Waals surface area contributed by atoms with Gasteiger partial charge in [0.15, 0.2) is 0 Å². The monoisotopic (exact) mass is 368 g/mol. The highest BCUT2D eigenvalue weighted by Crippen LogP contribution is 2.37. The molecular formula is C20H20N2OS2. The number of para-hydroxylation sites is 2. The van der Waals surface area contributed by atoms with Gasteiger partial charge in [0.1, 0.15) is 4.38 Å². The van der Waals surface area contributed by atoms with Gasteiger partial charge in [-0.15, -0.1) is 0 Å². The molecule has 0 unspecified atom stereocenters. The summed E-state index contributed by atoms with van der Waals surface area (Å²) >= 11 is 3.31. The van der Waals surface area contributed by atoms with Gasteiger partial charge < -0.3 is 4.90 Å². The van der Waals surface area contributed by atoms with E-state index in [1.54, 1.807) is 23.5 Å². The summed E-state index contributed by atoms with van der Waals surface area (Å²) in [4.78, 5) is 19.7. The van der Waals surface area contributed by atoms with E-state index in [1.165, 1.54) is 11.1 Å². The van der Waals surface area contributed by atoms with Crippen LogP contribution in [0.2, 0.25) is 0 Å². The molecule has 0 radical (unpaired) electrons. The molecule has 5 heteroatoms. The number of anilines is 1. The summed E-state index contributed by atoms with van der Waals surface area (Å²) in [6.07, 6.45) is 2.09. The number of hydrogen-bond acceptors (Lipinski definition) is 4. The summed E-state index contributed by atoms with van der Waals surface area (Å²) < 4.78 is 0.991. The first-order valence-electron chi connectivity index (χ1n) is 8.58. The van der Waals surface area contributed by atoms with Crippen molar-refractivity contribution in [2.45, 2.75) is 30.8 Å². The molecule has 0 aliphatic carbocycles. The van der Waals surface area contributed by atoms with E-state index in [9.17, 15) is 4.79 Å². The second kappa shape index (κ2) is 7.26. The van der Waals surface area contributed by atoms with Crippen molar-refractivity contribution < 1.29 is 4.79 Å². The van der Waals surface area contributed by atoms with Crippen LogP contribution in [-0.4, -0.2) is 22.1 Å². The van der Waals surface area contributed by atoms with Crippen LogP contribution in [0.15, 0.2) is 53.5 Å². The number of fused-ring (bicyclic) bond motifs is 2. The van der Waals surface area contributed by atoms with Crippen LogP contribution < -0.4 is 4.90 Å². The van der Waals surface area contributed by atoms with E-state index < -0.39 is 0 Å². The van der Waals surface area contributed by atoms with E-state index >= 15 is 0 Å². The average molecular weight is 369 g/mol. The minimum absolute atomic E-state index is 0.136. The molecule has 0 aromatic heterocycles. The normalized spacial score (nSPS) is 17.3. The molecule has 4 rings (SSSR count). The molecule has 1 amide bonds.